The van der Waals surface area contributed by atoms with Gasteiger partial charge in [0.2, 0.25) is 0 Å². The molecule has 11 heteroatoms. The van der Waals surface area contributed by atoms with Crippen molar-refractivity contribution in [3.8, 4) is 17.2 Å². The van der Waals surface area contributed by atoms with Gasteiger partial charge in [-0.2, -0.15) is 0 Å². The molecule has 1 atom stereocenters. The summed E-state index contributed by atoms with van der Waals surface area (Å²) in [5.41, 5.74) is 2.98. The lowest BCUT2D eigenvalue weighted by atomic mass is 9.92. The van der Waals surface area contributed by atoms with Crippen LogP contribution in [0.25, 0.3) is 11.8 Å². The summed E-state index contributed by atoms with van der Waals surface area (Å²) in [4.78, 5) is 33.6. The van der Waals surface area contributed by atoms with Gasteiger partial charge in [-0.3, -0.25) is 9.36 Å². The summed E-state index contributed by atoms with van der Waals surface area (Å²) in [7, 11) is 3.08. The van der Waals surface area contributed by atoms with Crippen LogP contribution < -0.4 is 29.1 Å². The van der Waals surface area contributed by atoms with Crippen molar-refractivity contribution in [2.75, 3.05) is 20.8 Å². The Balaban J connectivity index is 1.57. The van der Waals surface area contributed by atoms with Crippen molar-refractivity contribution in [3.05, 3.63) is 149 Å². The average Bonchev–Trinajstić information content (AvgIpc) is 3.41. The number of halogens is 2. The molecule has 0 fully saturated rings. The number of hydrogen-bond donors (Lipinski definition) is 0. The first-order chi connectivity index (χ1) is 23.3. The van der Waals surface area contributed by atoms with E-state index in [0.717, 1.165) is 5.56 Å². The second-order valence-corrected chi connectivity index (χ2v) is 12.5. The minimum Gasteiger partial charge on any atom is -0.497 e. The van der Waals surface area contributed by atoms with Gasteiger partial charge in [0.15, 0.2) is 4.80 Å². The molecule has 0 spiro atoms. The lowest BCUT2D eigenvalue weighted by molar-refractivity contribution is -0.138. The number of fused-ring (bicyclic) bond motifs is 1. The average molecular weight is 702 g/mol. The Morgan fingerprint density at radius 2 is 1.71 bits per heavy atom. The van der Waals surface area contributed by atoms with Gasteiger partial charge in [-0.25, -0.2) is 9.79 Å². The van der Waals surface area contributed by atoms with Gasteiger partial charge in [0.1, 0.15) is 29.9 Å². The van der Waals surface area contributed by atoms with Gasteiger partial charge in [0.05, 0.1) is 36.6 Å². The van der Waals surface area contributed by atoms with Gasteiger partial charge in [-0.15, -0.1) is 0 Å². The van der Waals surface area contributed by atoms with Gasteiger partial charge >= 0.3 is 5.97 Å². The van der Waals surface area contributed by atoms with Crippen LogP contribution in [0.2, 0.25) is 10.0 Å². The highest BCUT2D eigenvalue weighted by atomic mass is 35.5. The number of esters is 1. The summed E-state index contributed by atoms with van der Waals surface area (Å²) < 4.78 is 24.8. The zero-order chi connectivity index (χ0) is 33.8. The zero-order valence-electron chi connectivity index (χ0n) is 26.2. The number of nitrogens with zero attached hydrogens (tertiary/aromatic N) is 2. The van der Waals surface area contributed by atoms with Crippen molar-refractivity contribution in [1.82, 2.24) is 4.57 Å². The van der Waals surface area contributed by atoms with Crippen LogP contribution in [0.1, 0.15) is 35.2 Å². The van der Waals surface area contributed by atoms with E-state index in [2.05, 4.69) is 0 Å². The number of benzene rings is 4. The fourth-order valence-corrected chi connectivity index (χ4v) is 6.86. The molecule has 0 bridgehead atoms. The Hall–Kier alpha value is -4.83. The smallest absolute Gasteiger partial charge is 0.338 e. The van der Waals surface area contributed by atoms with E-state index in [9.17, 15) is 9.59 Å². The Bertz CT molecular complexity index is 2210. The van der Waals surface area contributed by atoms with Crippen LogP contribution in [0.3, 0.4) is 0 Å². The molecular formula is C37H30Cl2N2O6S. The van der Waals surface area contributed by atoms with Crippen LogP contribution in [0.5, 0.6) is 17.2 Å². The van der Waals surface area contributed by atoms with Gasteiger partial charge < -0.3 is 18.9 Å². The van der Waals surface area contributed by atoms with Gasteiger partial charge in [0, 0.05) is 32.8 Å². The predicted octanol–water partition coefficient (Wildman–Crippen LogP) is 6.84. The standard InChI is InChI=1S/C37H30Cl2N2O6S/c1-4-46-36(43)32-33(23-10-6-5-7-11-23)40-37-41(34(32)28-15-14-27(44-2)20-30(28)45-3)35(42)31(48-37)19-24-18-26(39)13-16-29(24)47-21-22-9-8-12-25(38)17-22/h5-20,34H,4,21H2,1-3H3/b31-19-/t34-/m0/s1. The molecule has 48 heavy (non-hydrogen) atoms. The van der Waals surface area contributed by atoms with E-state index < -0.39 is 12.0 Å². The fourth-order valence-electron chi connectivity index (χ4n) is 5.47. The van der Waals surface area contributed by atoms with Crippen LogP contribution in [0.15, 0.2) is 106 Å². The van der Waals surface area contributed by atoms with Crippen molar-refractivity contribution in [2.45, 2.75) is 19.6 Å². The molecule has 2 heterocycles. The molecule has 4 aromatic carbocycles. The third-order valence-corrected chi connectivity index (χ3v) is 9.10. The van der Waals surface area contributed by atoms with E-state index in [0.29, 0.717) is 59.0 Å². The minimum absolute atomic E-state index is 0.133. The number of thiazole rings is 1. The highest BCUT2D eigenvalue weighted by Crippen LogP contribution is 2.40. The van der Waals surface area contributed by atoms with Crippen molar-refractivity contribution in [3.63, 3.8) is 0 Å². The number of rotatable bonds is 10. The Kier molecular flexibility index (Phi) is 10.0. The lowest BCUT2D eigenvalue weighted by Crippen LogP contribution is -2.40. The second-order valence-electron chi connectivity index (χ2n) is 10.6. The van der Waals surface area contributed by atoms with E-state index in [1.807, 2.05) is 48.5 Å². The van der Waals surface area contributed by atoms with Crippen LogP contribution in [0.4, 0.5) is 0 Å². The number of carbonyl (C=O) groups excluding carboxylic acids is 1. The Morgan fingerprint density at radius 1 is 0.917 bits per heavy atom. The molecule has 0 unspecified atom stereocenters. The Morgan fingerprint density at radius 3 is 2.44 bits per heavy atom. The number of ether oxygens (including phenoxy) is 4. The molecule has 0 radical (unpaired) electrons. The SMILES string of the molecule is CCOC(=O)C1=C(c2ccccc2)N=c2s/c(=C\c3cc(Cl)ccc3OCc3cccc(Cl)c3)c(=O)n2[C@H]1c1ccc(OC)cc1OC. The first-order valence-electron chi connectivity index (χ1n) is 15.0. The number of hydrogen-bond acceptors (Lipinski definition) is 8. The zero-order valence-corrected chi connectivity index (χ0v) is 28.6. The highest BCUT2D eigenvalue weighted by molar-refractivity contribution is 7.07. The normalized spacial score (nSPS) is 14.3. The molecule has 8 nitrogen and oxygen atoms in total. The van der Waals surface area contributed by atoms with Crippen LogP contribution in [-0.2, 0) is 16.1 Å². The molecule has 0 aliphatic carbocycles. The van der Waals surface area contributed by atoms with Crippen molar-refractivity contribution in [2.24, 2.45) is 4.99 Å². The largest absolute Gasteiger partial charge is 0.497 e. The number of carbonyl (C=O) groups is 1. The summed E-state index contributed by atoms with van der Waals surface area (Å²) in [6, 6.07) is 26.3. The fraction of sp³-hybridized carbons (Fsp3) is 0.162. The van der Waals surface area contributed by atoms with E-state index in [4.69, 9.17) is 47.1 Å². The van der Waals surface area contributed by atoms with E-state index >= 15 is 0 Å². The third-order valence-electron chi connectivity index (χ3n) is 7.65. The number of methoxy groups -OCH3 is 2. The molecule has 0 N–H and O–H groups in total. The molecule has 1 aliphatic rings. The molecule has 0 saturated carbocycles. The molecule has 6 rings (SSSR count). The Labute approximate surface area is 290 Å². The third kappa shape index (κ3) is 6.75. The van der Waals surface area contributed by atoms with Gasteiger partial charge in [0.25, 0.3) is 5.56 Å². The maximum absolute atomic E-state index is 14.5. The summed E-state index contributed by atoms with van der Waals surface area (Å²) in [6.07, 6.45) is 1.72. The summed E-state index contributed by atoms with van der Waals surface area (Å²) >= 11 is 13.8. The lowest BCUT2D eigenvalue weighted by Gasteiger charge is -2.27. The van der Waals surface area contributed by atoms with Crippen molar-refractivity contribution >= 4 is 52.3 Å². The van der Waals surface area contributed by atoms with Gasteiger partial charge in [-0.05, 0) is 61.0 Å². The maximum Gasteiger partial charge on any atom is 0.338 e. The molecule has 1 aliphatic heterocycles. The topological polar surface area (TPSA) is 88.4 Å². The molecule has 244 valence electrons. The van der Waals surface area contributed by atoms with Crippen LogP contribution >= 0.6 is 34.5 Å². The molecule has 0 amide bonds. The van der Waals surface area contributed by atoms with E-state index in [1.165, 1.54) is 23.0 Å². The maximum atomic E-state index is 14.5. The molecule has 0 saturated heterocycles. The molecule has 5 aromatic rings. The summed E-state index contributed by atoms with van der Waals surface area (Å²) in [6.45, 7) is 2.12. The monoisotopic (exact) mass is 700 g/mol. The predicted molar refractivity (Wildman–Crippen MR) is 188 cm³/mol. The second kappa shape index (κ2) is 14.5. The van der Waals surface area contributed by atoms with E-state index in [1.54, 1.807) is 62.6 Å². The minimum atomic E-state index is -0.934. The highest BCUT2D eigenvalue weighted by Gasteiger charge is 2.37. The quantitative estimate of drug-likeness (QED) is 0.148. The first-order valence-corrected chi connectivity index (χ1v) is 16.6. The first kappa shape index (κ1) is 33.1. The molecular weight excluding hydrogens is 671 g/mol. The van der Waals surface area contributed by atoms with Crippen LogP contribution in [-0.4, -0.2) is 31.4 Å². The van der Waals surface area contributed by atoms with Crippen molar-refractivity contribution < 1.29 is 23.7 Å². The summed E-state index contributed by atoms with van der Waals surface area (Å²) in [5.74, 6) is 0.912. The number of aromatic nitrogens is 1. The van der Waals surface area contributed by atoms with Crippen LogP contribution in [0, 0.1) is 0 Å². The molecule has 1 aromatic heterocycles. The summed E-state index contributed by atoms with van der Waals surface area (Å²) in [5, 5.41) is 1.08. The van der Waals surface area contributed by atoms with Gasteiger partial charge in [-0.1, -0.05) is 77.0 Å². The van der Waals surface area contributed by atoms with E-state index in [-0.39, 0.29) is 24.3 Å². The van der Waals surface area contributed by atoms with Crippen molar-refractivity contribution in [1.29, 1.82) is 0 Å².